The molecule has 8 heteroatoms. The molecule has 2 aromatic heterocycles. The number of rotatable bonds is 6. The summed E-state index contributed by atoms with van der Waals surface area (Å²) in [5, 5.41) is 6.54. The topological polar surface area (TPSA) is 85.3 Å². The number of amides is 2. The van der Waals surface area contributed by atoms with Crippen molar-refractivity contribution in [3.8, 4) is 0 Å². The molecule has 0 saturated heterocycles. The number of fused-ring (bicyclic) bond motifs is 1. The van der Waals surface area contributed by atoms with E-state index in [1.54, 1.807) is 6.07 Å². The number of thiazole rings is 1. The van der Waals surface area contributed by atoms with Gasteiger partial charge >= 0.3 is 0 Å². The van der Waals surface area contributed by atoms with E-state index in [0.717, 1.165) is 22.6 Å². The van der Waals surface area contributed by atoms with Crippen molar-refractivity contribution in [2.75, 3.05) is 11.9 Å². The van der Waals surface area contributed by atoms with Crippen molar-refractivity contribution in [1.29, 1.82) is 0 Å². The van der Waals surface area contributed by atoms with Crippen LogP contribution in [0.4, 0.5) is 5.13 Å². The summed E-state index contributed by atoms with van der Waals surface area (Å²) in [5.41, 5.74) is 3.59. The van der Waals surface area contributed by atoms with E-state index in [-0.39, 0.29) is 17.9 Å². The Kier molecular flexibility index (Phi) is 6.20. The number of ether oxygens (including phenoxy) is 1. The van der Waals surface area contributed by atoms with Crippen LogP contribution in [-0.2, 0) is 17.9 Å². The first-order valence-corrected chi connectivity index (χ1v) is 11.2. The third kappa shape index (κ3) is 4.40. The second-order valence-electron chi connectivity index (χ2n) is 7.55. The van der Waals surface area contributed by atoms with Gasteiger partial charge in [0.1, 0.15) is 5.69 Å². The predicted molar refractivity (Wildman–Crippen MR) is 121 cm³/mol. The van der Waals surface area contributed by atoms with Gasteiger partial charge in [0.15, 0.2) is 5.13 Å². The summed E-state index contributed by atoms with van der Waals surface area (Å²) in [7, 11) is 0. The number of hydrogen-bond donors (Lipinski definition) is 2. The fraction of sp³-hybridized carbons (Fsp3) is 0.348. The van der Waals surface area contributed by atoms with Gasteiger partial charge < -0.3 is 14.6 Å². The molecule has 0 saturated carbocycles. The number of hydrogen-bond acceptors (Lipinski definition) is 5. The van der Waals surface area contributed by atoms with Gasteiger partial charge in [-0.25, -0.2) is 4.98 Å². The quantitative estimate of drug-likeness (QED) is 0.603. The van der Waals surface area contributed by atoms with Gasteiger partial charge in [-0.2, -0.15) is 0 Å². The highest BCUT2D eigenvalue weighted by Gasteiger charge is 2.27. The van der Waals surface area contributed by atoms with Crippen LogP contribution in [0.25, 0.3) is 0 Å². The molecule has 0 bridgehead atoms. The van der Waals surface area contributed by atoms with E-state index in [1.807, 2.05) is 55.7 Å². The lowest BCUT2D eigenvalue weighted by molar-refractivity contribution is 0.0783. The van der Waals surface area contributed by atoms with Gasteiger partial charge in [0.25, 0.3) is 11.8 Å². The van der Waals surface area contributed by atoms with Crippen molar-refractivity contribution < 1.29 is 14.3 Å². The molecule has 3 aromatic rings. The number of aromatic nitrogens is 2. The molecule has 2 amide bonds. The van der Waals surface area contributed by atoms with Crippen molar-refractivity contribution in [1.82, 2.24) is 14.9 Å². The van der Waals surface area contributed by atoms with Crippen molar-refractivity contribution >= 4 is 28.3 Å². The third-order valence-corrected chi connectivity index (χ3v) is 6.54. The predicted octanol–water partition coefficient (Wildman–Crippen LogP) is 4.23. The number of carbonyl (C=O) groups excluding carboxylic acids is 2. The van der Waals surface area contributed by atoms with Gasteiger partial charge in [-0.05, 0) is 31.9 Å². The number of nitrogens with zero attached hydrogens (tertiary/aromatic N) is 2. The first kappa shape index (κ1) is 21.3. The van der Waals surface area contributed by atoms with Gasteiger partial charge in [0.05, 0.1) is 36.2 Å². The molecule has 2 N–H and O–H groups in total. The molecule has 0 spiro atoms. The van der Waals surface area contributed by atoms with Crippen molar-refractivity contribution in [2.45, 2.75) is 46.4 Å². The van der Waals surface area contributed by atoms with E-state index < -0.39 is 0 Å². The molecule has 3 heterocycles. The summed E-state index contributed by atoms with van der Waals surface area (Å²) >= 11 is 1.44. The van der Waals surface area contributed by atoms with Crippen LogP contribution in [0.2, 0.25) is 0 Å². The van der Waals surface area contributed by atoms with E-state index >= 15 is 0 Å². The summed E-state index contributed by atoms with van der Waals surface area (Å²) < 4.78 is 7.47. The molecule has 0 unspecified atom stereocenters. The summed E-state index contributed by atoms with van der Waals surface area (Å²) in [6, 6.07) is 11.5. The smallest absolute Gasteiger partial charge is 0.268 e. The van der Waals surface area contributed by atoms with Crippen LogP contribution >= 0.6 is 11.3 Å². The normalized spacial score (nSPS) is 14.0. The second-order valence-corrected chi connectivity index (χ2v) is 8.76. The standard InChI is InChI=1S/C23H26N4O3S/c1-4-18(16-8-6-5-7-9-16)25-22(29)19-12-17(20-13-30-11-10-27(19)20)21(28)26-23-24-14(2)15(3)31-23/h5-9,12,18H,4,10-11,13H2,1-3H3,(H,25,29)(H,24,26,28)/t18-/m1/s1. The summed E-state index contributed by atoms with van der Waals surface area (Å²) in [5.74, 6) is -0.476. The van der Waals surface area contributed by atoms with Crippen LogP contribution in [0.3, 0.4) is 0 Å². The SMILES string of the molecule is CC[C@@H](NC(=O)c1cc(C(=O)Nc2nc(C)c(C)s2)c2n1CCOC2)c1ccccc1. The fourth-order valence-corrected chi connectivity index (χ4v) is 4.55. The molecular weight excluding hydrogens is 412 g/mol. The lowest BCUT2D eigenvalue weighted by Gasteiger charge is -2.21. The van der Waals surface area contributed by atoms with Crippen LogP contribution in [-0.4, -0.2) is 28.0 Å². The molecule has 0 fully saturated rings. The second kappa shape index (κ2) is 9.03. The van der Waals surface area contributed by atoms with E-state index in [1.165, 1.54) is 11.3 Å². The Morgan fingerprint density at radius 1 is 1.23 bits per heavy atom. The maximum atomic E-state index is 13.2. The molecule has 0 aliphatic carbocycles. The van der Waals surface area contributed by atoms with Crippen LogP contribution in [0.5, 0.6) is 0 Å². The van der Waals surface area contributed by atoms with Gasteiger partial charge in [-0.1, -0.05) is 37.3 Å². The number of aryl methyl sites for hydroxylation is 2. The summed E-state index contributed by atoms with van der Waals surface area (Å²) in [6.07, 6.45) is 0.766. The molecule has 1 aromatic carbocycles. The fourth-order valence-electron chi connectivity index (χ4n) is 3.74. The Bertz CT molecular complexity index is 1080. The van der Waals surface area contributed by atoms with Crippen molar-refractivity contribution in [3.63, 3.8) is 0 Å². The van der Waals surface area contributed by atoms with E-state index in [0.29, 0.717) is 41.8 Å². The summed E-state index contributed by atoms with van der Waals surface area (Å²) in [6.45, 7) is 7.25. The maximum absolute atomic E-state index is 13.2. The Morgan fingerprint density at radius 2 is 2.00 bits per heavy atom. The van der Waals surface area contributed by atoms with Gasteiger partial charge in [0.2, 0.25) is 0 Å². The maximum Gasteiger partial charge on any atom is 0.268 e. The van der Waals surface area contributed by atoms with E-state index in [2.05, 4.69) is 15.6 Å². The zero-order chi connectivity index (χ0) is 22.0. The highest BCUT2D eigenvalue weighted by atomic mass is 32.1. The molecular formula is C23H26N4O3S. The molecule has 162 valence electrons. The Balaban J connectivity index is 1.60. The molecule has 1 aliphatic heterocycles. The largest absolute Gasteiger partial charge is 0.373 e. The number of carbonyl (C=O) groups is 2. The molecule has 1 aliphatic rings. The number of nitrogens with one attached hydrogen (secondary N) is 2. The third-order valence-electron chi connectivity index (χ3n) is 5.55. The average Bonchev–Trinajstić information content (AvgIpc) is 3.32. The minimum atomic E-state index is -0.280. The average molecular weight is 439 g/mol. The molecule has 7 nitrogen and oxygen atoms in total. The highest BCUT2D eigenvalue weighted by molar-refractivity contribution is 7.15. The van der Waals surface area contributed by atoms with Crippen LogP contribution in [0.1, 0.15) is 62.1 Å². The zero-order valence-corrected chi connectivity index (χ0v) is 18.7. The lowest BCUT2D eigenvalue weighted by Crippen LogP contribution is -2.31. The van der Waals surface area contributed by atoms with E-state index in [9.17, 15) is 9.59 Å². The van der Waals surface area contributed by atoms with E-state index in [4.69, 9.17) is 4.74 Å². The molecule has 1 atom stereocenters. The van der Waals surface area contributed by atoms with Crippen molar-refractivity contribution in [3.05, 3.63) is 69.5 Å². The van der Waals surface area contributed by atoms with Gasteiger partial charge in [-0.3, -0.25) is 14.9 Å². The lowest BCUT2D eigenvalue weighted by atomic mass is 10.0. The molecule has 31 heavy (non-hydrogen) atoms. The first-order valence-electron chi connectivity index (χ1n) is 10.4. The number of anilines is 1. The minimum Gasteiger partial charge on any atom is -0.373 e. The molecule has 4 rings (SSSR count). The summed E-state index contributed by atoms with van der Waals surface area (Å²) in [4.78, 5) is 31.6. The minimum absolute atomic E-state index is 0.0989. The first-order chi connectivity index (χ1) is 15.0. The van der Waals surface area contributed by atoms with Crippen molar-refractivity contribution in [2.24, 2.45) is 0 Å². The Hall–Kier alpha value is -2.97. The number of benzene rings is 1. The zero-order valence-electron chi connectivity index (χ0n) is 17.9. The van der Waals surface area contributed by atoms with Gasteiger partial charge in [0, 0.05) is 11.4 Å². The highest BCUT2D eigenvalue weighted by Crippen LogP contribution is 2.26. The Morgan fingerprint density at radius 3 is 2.68 bits per heavy atom. The van der Waals surface area contributed by atoms with Gasteiger partial charge in [-0.15, -0.1) is 11.3 Å². The van der Waals surface area contributed by atoms with Crippen LogP contribution in [0.15, 0.2) is 36.4 Å². The molecule has 0 radical (unpaired) electrons. The Labute approximate surface area is 185 Å². The van der Waals surface area contributed by atoms with Crippen LogP contribution in [0, 0.1) is 13.8 Å². The monoisotopic (exact) mass is 438 g/mol. The van der Waals surface area contributed by atoms with Crippen LogP contribution < -0.4 is 10.6 Å².